The van der Waals surface area contributed by atoms with Crippen molar-refractivity contribution in [2.45, 2.75) is 12.1 Å². The summed E-state index contributed by atoms with van der Waals surface area (Å²) in [6.45, 7) is 1.91. The Morgan fingerprint density at radius 3 is 2.84 bits per heavy atom. The first-order valence-electron chi connectivity index (χ1n) is 9.30. The van der Waals surface area contributed by atoms with Gasteiger partial charge >= 0.3 is 0 Å². The zero-order chi connectivity index (χ0) is 22.0. The molecule has 2 heterocycles. The normalized spacial score (nSPS) is 10.9. The molecule has 9 heteroatoms. The monoisotopic (exact) mass is 455 g/mol. The predicted octanol–water partition coefficient (Wildman–Crippen LogP) is 4.63. The average molecular weight is 456 g/mol. The summed E-state index contributed by atoms with van der Waals surface area (Å²) in [5.74, 6) is -0.315. The number of rotatable bonds is 6. The Balaban J connectivity index is 1.65. The molecule has 1 N–H and O–H groups in total. The minimum absolute atomic E-state index is 0.0202. The number of aryl methyl sites for hydroxylation is 1. The molecule has 0 saturated heterocycles. The summed E-state index contributed by atoms with van der Waals surface area (Å²) in [6, 6.07) is 13.2. The number of nitrogens with one attached hydrogen (secondary N) is 1. The second-order valence-corrected chi connectivity index (χ2v) is 8.52. The van der Waals surface area contributed by atoms with E-state index in [9.17, 15) is 14.0 Å². The Labute approximate surface area is 185 Å². The number of thioether (sulfide) groups is 1. The standard InChI is InChI=1S/C22H18FN3O3S2/c1-13-7-8-18(29-2)16(11-13)24-19(27)12-31-22-25-15-9-10-30-20(15)21(28)26(22)17-6-4-3-5-14(17)23/h3-11H,12H2,1-2H3,(H,24,27). The molecule has 4 aromatic rings. The predicted molar refractivity (Wildman–Crippen MR) is 122 cm³/mol. The number of hydrogen-bond acceptors (Lipinski definition) is 6. The van der Waals surface area contributed by atoms with Gasteiger partial charge in [0.05, 0.1) is 29.8 Å². The third kappa shape index (κ3) is 4.33. The zero-order valence-electron chi connectivity index (χ0n) is 16.7. The Morgan fingerprint density at radius 2 is 2.06 bits per heavy atom. The Bertz CT molecular complexity index is 1330. The summed E-state index contributed by atoms with van der Waals surface area (Å²) < 4.78 is 21.4. The number of carbonyl (C=O) groups is 1. The van der Waals surface area contributed by atoms with Crippen molar-refractivity contribution in [1.29, 1.82) is 0 Å². The van der Waals surface area contributed by atoms with E-state index in [1.807, 2.05) is 19.1 Å². The van der Waals surface area contributed by atoms with E-state index in [1.165, 1.54) is 35.1 Å². The topological polar surface area (TPSA) is 73.2 Å². The van der Waals surface area contributed by atoms with Crippen molar-refractivity contribution in [3.63, 3.8) is 0 Å². The highest BCUT2D eigenvalue weighted by atomic mass is 32.2. The van der Waals surface area contributed by atoms with E-state index in [-0.39, 0.29) is 28.1 Å². The van der Waals surface area contributed by atoms with Gasteiger partial charge in [-0.15, -0.1) is 11.3 Å². The van der Waals surface area contributed by atoms with Crippen molar-refractivity contribution in [1.82, 2.24) is 9.55 Å². The summed E-state index contributed by atoms with van der Waals surface area (Å²) in [5.41, 5.74) is 1.78. The molecule has 158 valence electrons. The lowest BCUT2D eigenvalue weighted by Crippen LogP contribution is -2.23. The molecule has 6 nitrogen and oxygen atoms in total. The summed E-state index contributed by atoms with van der Waals surface area (Å²) in [5, 5.41) is 4.82. The van der Waals surface area contributed by atoms with Gasteiger partial charge in [0, 0.05) is 0 Å². The minimum Gasteiger partial charge on any atom is -0.495 e. The molecule has 0 saturated carbocycles. The molecule has 0 aliphatic carbocycles. The molecule has 4 rings (SSSR count). The van der Waals surface area contributed by atoms with Gasteiger partial charge in [-0.3, -0.25) is 14.2 Å². The molecule has 2 aromatic carbocycles. The Hall–Kier alpha value is -3.17. The number of benzene rings is 2. The Kier molecular flexibility index (Phi) is 6.06. The van der Waals surface area contributed by atoms with Crippen LogP contribution in [0.25, 0.3) is 15.9 Å². The van der Waals surface area contributed by atoms with Crippen LogP contribution in [0.1, 0.15) is 5.56 Å². The number of halogens is 1. The number of anilines is 1. The molecule has 1 amide bonds. The van der Waals surface area contributed by atoms with Crippen LogP contribution < -0.4 is 15.6 Å². The highest BCUT2D eigenvalue weighted by molar-refractivity contribution is 7.99. The fourth-order valence-corrected chi connectivity index (χ4v) is 4.64. The van der Waals surface area contributed by atoms with Crippen molar-refractivity contribution in [2.24, 2.45) is 0 Å². The summed E-state index contributed by atoms with van der Waals surface area (Å²) in [4.78, 5) is 30.2. The van der Waals surface area contributed by atoms with Crippen LogP contribution in [0, 0.1) is 12.7 Å². The lowest BCUT2D eigenvalue weighted by molar-refractivity contribution is -0.113. The number of carbonyl (C=O) groups excluding carboxylic acids is 1. The molecule has 0 aliphatic heterocycles. The van der Waals surface area contributed by atoms with E-state index >= 15 is 0 Å². The van der Waals surface area contributed by atoms with E-state index < -0.39 is 5.82 Å². The molecule has 2 aromatic heterocycles. The highest BCUT2D eigenvalue weighted by Gasteiger charge is 2.18. The molecular formula is C22H18FN3O3S2. The number of aromatic nitrogens is 2. The van der Waals surface area contributed by atoms with Crippen LogP contribution in [0.2, 0.25) is 0 Å². The molecule has 0 unspecified atom stereocenters. The second kappa shape index (κ2) is 8.91. The van der Waals surface area contributed by atoms with Gasteiger partial charge in [-0.2, -0.15) is 0 Å². The molecule has 0 fully saturated rings. The van der Waals surface area contributed by atoms with Crippen molar-refractivity contribution in [3.8, 4) is 11.4 Å². The molecule has 0 atom stereocenters. The van der Waals surface area contributed by atoms with E-state index in [2.05, 4.69) is 10.3 Å². The number of nitrogens with zero attached hydrogens (tertiary/aromatic N) is 2. The third-order valence-corrected chi connectivity index (χ3v) is 6.33. The molecular weight excluding hydrogens is 437 g/mol. The van der Waals surface area contributed by atoms with Gasteiger partial charge in [0.25, 0.3) is 5.56 Å². The van der Waals surface area contributed by atoms with Crippen molar-refractivity contribution in [3.05, 3.63) is 75.6 Å². The SMILES string of the molecule is COc1ccc(C)cc1NC(=O)CSc1nc2ccsc2c(=O)n1-c1ccccc1F. The van der Waals surface area contributed by atoms with Gasteiger partial charge in [0.15, 0.2) is 5.16 Å². The van der Waals surface area contributed by atoms with Gasteiger partial charge in [-0.25, -0.2) is 9.37 Å². The lowest BCUT2D eigenvalue weighted by atomic mass is 10.2. The van der Waals surface area contributed by atoms with E-state index in [4.69, 9.17) is 4.74 Å². The maximum Gasteiger partial charge on any atom is 0.276 e. The number of thiophene rings is 1. The van der Waals surface area contributed by atoms with Gasteiger partial charge in [0.2, 0.25) is 5.91 Å². The third-order valence-electron chi connectivity index (χ3n) is 4.50. The van der Waals surface area contributed by atoms with Crippen molar-refractivity contribution >= 4 is 44.9 Å². The molecule has 0 radical (unpaired) electrons. The first-order chi connectivity index (χ1) is 15.0. The number of fused-ring (bicyclic) bond motifs is 1. The lowest BCUT2D eigenvalue weighted by Gasteiger charge is -2.13. The highest BCUT2D eigenvalue weighted by Crippen LogP contribution is 2.27. The van der Waals surface area contributed by atoms with Crippen LogP contribution >= 0.6 is 23.1 Å². The first-order valence-corrected chi connectivity index (χ1v) is 11.2. The number of methoxy groups -OCH3 is 1. The fourth-order valence-electron chi connectivity index (χ4n) is 3.07. The number of ether oxygens (including phenoxy) is 1. The van der Waals surface area contributed by atoms with Crippen LogP contribution in [0.3, 0.4) is 0 Å². The van der Waals surface area contributed by atoms with Crippen LogP contribution in [0.4, 0.5) is 10.1 Å². The smallest absolute Gasteiger partial charge is 0.276 e. The van der Waals surface area contributed by atoms with E-state index in [1.54, 1.807) is 29.6 Å². The summed E-state index contributed by atoms with van der Waals surface area (Å²) in [6.07, 6.45) is 0. The minimum atomic E-state index is -0.543. The number of para-hydroxylation sites is 1. The van der Waals surface area contributed by atoms with Crippen LogP contribution in [-0.4, -0.2) is 28.3 Å². The van der Waals surface area contributed by atoms with Crippen molar-refractivity contribution < 1.29 is 13.9 Å². The van der Waals surface area contributed by atoms with Gasteiger partial charge in [-0.1, -0.05) is 30.0 Å². The maximum atomic E-state index is 14.5. The van der Waals surface area contributed by atoms with Gasteiger partial charge in [-0.05, 0) is 48.2 Å². The number of hydrogen-bond donors (Lipinski definition) is 1. The Morgan fingerprint density at radius 1 is 1.26 bits per heavy atom. The molecule has 0 spiro atoms. The summed E-state index contributed by atoms with van der Waals surface area (Å²) in [7, 11) is 1.53. The molecule has 31 heavy (non-hydrogen) atoms. The second-order valence-electron chi connectivity index (χ2n) is 6.66. The van der Waals surface area contributed by atoms with E-state index in [0.29, 0.717) is 21.7 Å². The van der Waals surface area contributed by atoms with Crippen LogP contribution in [-0.2, 0) is 4.79 Å². The quantitative estimate of drug-likeness (QED) is 0.339. The first kappa shape index (κ1) is 21.1. The largest absolute Gasteiger partial charge is 0.495 e. The van der Waals surface area contributed by atoms with Crippen LogP contribution in [0.5, 0.6) is 5.75 Å². The zero-order valence-corrected chi connectivity index (χ0v) is 18.3. The number of amides is 1. The van der Waals surface area contributed by atoms with Crippen molar-refractivity contribution in [2.75, 3.05) is 18.2 Å². The summed E-state index contributed by atoms with van der Waals surface area (Å²) >= 11 is 2.31. The van der Waals surface area contributed by atoms with E-state index in [0.717, 1.165) is 17.3 Å². The van der Waals surface area contributed by atoms with Gasteiger partial charge in [0.1, 0.15) is 16.3 Å². The fraction of sp³-hybridized carbons (Fsp3) is 0.136. The van der Waals surface area contributed by atoms with Crippen LogP contribution in [0.15, 0.2) is 63.9 Å². The molecule has 0 aliphatic rings. The maximum absolute atomic E-state index is 14.5. The average Bonchev–Trinajstić information content (AvgIpc) is 3.22. The molecule has 0 bridgehead atoms. The van der Waals surface area contributed by atoms with Gasteiger partial charge < -0.3 is 10.1 Å².